The van der Waals surface area contributed by atoms with Gasteiger partial charge in [-0.1, -0.05) is 29.3 Å². The number of benzene rings is 2. The van der Waals surface area contributed by atoms with Crippen molar-refractivity contribution in [2.45, 2.75) is 25.1 Å². The molecule has 0 radical (unpaired) electrons. The summed E-state index contributed by atoms with van der Waals surface area (Å²) < 4.78 is 39.0. The Balaban J connectivity index is 1.48. The molecule has 0 spiro atoms. The number of hydrogen-bond acceptors (Lipinski definition) is 2. The molecule has 2 nitrogen and oxygen atoms in total. The van der Waals surface area contributed by atoms with Crippen LogP contribution in [-0.2, 0) is 12.6 Å². The van der Waals surface area contributed by atoms with Crippen molar-refractivity contribution in [1.29, 1.82) is 0 Å². The van der Waals surface area contributed by atoms with E-state index >= 15 is 0 Å². The average Bonchev–Trinajstić information content (AvgIpc) is 2.97. The van der Waals surface area contributed by atoms with Crippen LogP contribution in [0.1, 0.15) is 34.8 Å². The number of nitrogens with zero attached hydrogens (tertiary/aromatic N) is 1. The highest BCUT2D eigenvalue weighted by molar-refractivity contribution is 6.31. The number of β-amino-alcohol motifs (C(OH)–C–C–N with tert-alkyl or cyclic N) is 1. The van der Waals surface area contributed by atoms with E-state index in [2.05, 4.69) is 4.90 Å². The van der Waals surface area contributed by atoms with Crippen LogP contribution in [0.5, 0.6) is 0 Å². The maximum atomic E-state index is 13.0. The predicted octanol–water partition coefficient (Wildman–Crippen LogP) is 5.76. The Kier molecular flexibility index (Phi) is 5.21. The monoisotopic (exact) mass is 427 g/mol. The van der Waals surface area contributed by atoms with Crippen LogP contribution in [0, 0.1) is 0 Å². The van der Waals surface area contributed by atoms with Crippen LogP contribution in [-0.4, -0.2) is 29.6 Å². The molecule has 0 saturated carbocycles. The highest BCUT2D eigenvalue weighted by Gasteiger charge is 2.32. The lowest BCUT2D eigenvalue weighted by Gasteiger charge is -2.30. The van der Waals surface area contributed by atoms with Crippen molar-refractivity contribution in [2.24, 2.45) is 0 Å². The highest BCUT2D eigenvalue weighted by atomic mass is 35.5. The van der Waals surface area contributed by atoms with Crippen molar-refractivity contribution < 1.29 is 18.3 Å². The lowest BCUT2D eigenvalue weighted by molar-refractivity contribution is -0.137. The molecule has 1 atom stereocenters. The molecule has 1 N–H and O–H groups in total. The molecule has 1 heterocycles. The molecule has 0 saturated heterocycles. The first kappa shape index (κ1) is 19.8. The van der Waals surface area contributed by atoms with Gasteiger partial charge in [0.2, 0.25) is 0 Å². The molecule has 0 bridgehead atoms. The van der Waals surface area contributed by atoms with E-state index < -0.39 is 17.8 Å². The van der Waals surface area contributed by atoms with Gasteiger partial charge in [0.1, 0.15) is 0 Å². The minimum Gasteiger partial charge on any atom is -0.387 e. The zero-order valence-electron chi connectivity index (χ0n) is 14.9. The summed E-state index contributed by atoms with van der Waals surface area (Å²) in [4.78, 5) is 2.07. The Morgan fingerprint density at radius 2 is 1.86 bits per heavy atom. The quantitative estimate of drug-likeness (QED) is 0.672. The van der Waals surface area contributed by atoms with Gasteiger partial charge in [0, 0.05) is 29.7 Å². The summed E-state index contributed by atoms with van der Waals surface area (Å²) in [5.41, 5.74) is 4.39. The third-order valence-electron chi connectivity index (χ3n) is 5.38. The average molecular weight is 428 g/mol. The van der Waals surface area contributed by atoms with Gasteiger partial charge < -0.3 is 5.11 Å². The normalized spacial score (nSPS) is 18.2. The van der Waals surface area contributed by atoms with Gasteiger partial charge in [-0.25, -0.2) is 0 Å². The van der Waals surface area contributed by atoms with E-state index in [1.807, 2.05) is 18.2 Å². The molecule has 0 aromatic heterocycles. The zero-order valence-corrected chi connectivity index (χ0v) is 16.4. The zero-order chi connectivity index (χ0) is 20.1. The van der Waals surface area contributed by atoms with Crippen LogP contribution in [0.25, 0.3) is 5.57 Å². The van der Waals surface area contributed by atoms with Gasteiger partial charge in [-0.2, -0.15) is 13.2 Å². The topological polar surface area (TPSA) is 23.5 Å². The van der Waals surface area contributed by atoms with Gasteiger partial charge in [0.05, 0.1) is 11.7 Å². The van der Waals surface area contributed by atoms with Gasteiger partial charge in [-0.3, -0.25) is 4.90 Å². The molecule has 2 aromatic carbocycles. The molecular formula is C21H18Cl2F3NO. The lowest BCUT2D eigenvalue weighted by atomic mass is 9.98. The van der Waals surface area contributed by atoms with Crippen molar-refractivity contribution in [3.63, 3.8) is 0 Å². The van der Waals surface area contributed by atoms with Gasteiger partial charge in [0.15, 0.2) is 0 Å². The number of rotatable bonds is 3. The largest absolute Gasteiger partial charge is 0.416 e. The minimum absolute atomic E-state index is 0.0318. The van der Waals surface area contributed by atoms with Crippen LogP contribution in [0.15, 0.2) is 42.0 Å². The Morgan fingerprint density at radius 1 is 1.07 bits per heavy atom. The third kappa shape index (κ3) is 3.94. The summed E-state index contributed by atoms with van der Waals surface area (Å²) in [6, 6.07) is 9.16. The van der Waals surface area contributed by atoms with E-state index in [9.17, 15) is 18.3 Å². The summed E-state index contributed by atoms with van der Waals surface area (Å²) in [5.74, 6) is 0. The molecular weight excluding hydrogens is 410 g/mol. The Morgan fingerprint density at radius 3 is 2.61 bits per heavy atom. The summed E-state index contributed by atoms with van der Waals surface area (Å²) in [5, 5.41) is 11.2. The van der Waals surface area contributed by atoms with Crippen molar-refractivity contribution >= 4 is 28.8 Å². The summed E-state index contributed by atoms with van der Waals surface area (Å²) in [6.45, 7) is 1.67. The molecule has 0 fully saturated rings. The number of aliphatic hydroxyl groups is 1. The molecule has 2 aliphatic rings. The molecule has 1 unspecified atom stereocenters. The Bertz CT molecular complexity index is 955. The van der Waals surface area contributed by atoms with E-state index in [0.29, 0.717) is 11.6 Å². The second kappa shape index (κ2) is 7.38. The molecule has 0 amide bonds. The molecule has 1 aliphatic heterocycles. The first-order valence-corrected chi connectivity index (χ1v) is 9.74. The van der Waals surface area contributed by atoms with Crippen LogP contribution in [0.2, 0.25) is 10.0 Å². The van der Waals surface area contributed by atoms with E-state index in [1.54, 1.807) is 0 Å². The predicted molar refractivity (Wildman–Crippen MR) is 105 cm³/mol. The van der Waals surface area contributed by atoms with Gasteiger partial charge in [-0.05, 0) is 71.0 Å². The number of alkyl halides is 3. The molecule has 2 aromatic rings. The van der Waals surface area contributed by atoms with Gasteiger partial charge >= 0.3 is 6.18 Å². The maximum absolute atomic E-state index is 13.0. The Labute approximate surface area is 171 Å². The standard InChI is InChI=1S/C21H18Cl2F3NO/c22-16-2-1-12-5-14-10-27(4-3-18(14)19(12)9-16)11-20(28)13-6-15(21(24,25)26)8-17(23)7-13/h1-2,6-9,20,28H,3-5,10-11H2. The molecule has 7 heteroatoms. The first-order chi connectivity index (χ1) is 13.2. The fourth-order valence-electron chi connectivity index (χ4n) is 4.07. The fraction of sp³-hybridized carbons (Fsp3) is 0.333. The van der Waals surface area contributed by atoms with E-state index in [1.165, 1.54) is 28.3 Å². The SMILES string of the molecule is OC(CN1CCC2=C(Cc3ccc(Cl)cc32)C1)c1cc(Cl)cc(C(F)(F)F)c1. The van der Waals surface area contributed by atoms with Crippen molar-refractivity contribution in [1.82, 2.24) is 4.90 Å². The maximum Gasteiger partial charge on any atom is 0.416 e. The van der Waals surface area contributed by atoms with Crippen LogP contribution >= 0.6 is 23.2 Å². The molecule has 148 valence electrons. The van der Waals surface area contributed by atoms with Crippen LogP contribution in [0.3, 0.4) is 0 Å². The summed E-state index contributed by atoms with van der Waals surface area (Å²) in [6.07, 6.45) is -3.86. The Hall–Kier alpha value is -1.53. The molecule has 1 aliphatic carbocycles. The highest BCUT2D eigenvalue weighted by Crippen LogP contribution is 2.40. The number of halogens is 5. The minimum atomic E-state index is -4.50. The molecule has 28 heavy (non-hydrogen) atoms. The first-order valence-electron chi connectivity index (χ1n) is 8.98. The third-order valence-corrected chi connectivity index (χ3v) is 5.84. The van der Waals surface area contributed by atoms with E-state index in [0.717, 1.165) is 31.5 Å². The summed E-state index contributed by atoms with van der Waals surface area (Å²) in [7, 11) is 0. The second-order valence-electron chi connectivity index (χ2n) is 7.33. The molecule has 4 rings (SSSR count). The lowest BCUT2D eigenvalue weighted by Crippen LogP contribution is -2.34. The fourth-order valence-corrected chi connectivity index (χ4v) is 4.48. The van der Waals surface area contributed by atoms with E-state index in [-0.39, 0.29) is 17.1 Å². The number of hydrogen-bond donors (Lipinski definition) is 1. The van der Waals surface area contributed by atoms with Crippen molar-refractivity contribution in [3.05, 3.63) is 74.3 Å². The van der Waals surface area contributed by atoms with Gasteiger partial charge in [-0.15, -0.1) is 0 Å². The van der Waals surface area contributed by atoms with E-state index in [4.69, 9.17) is 23.2 Å². The van der Waals surface area contributed by atoms with Crippen molar-refractivity contribution in [3.8, 4) is 0 Å². The van der Waals surface area contributed by atoms with Gasteiger partial charge in [0.25, 0.3) is 0 Å². The van der Waals surface area contributed by atoms with Crippen molar-refractivity contribution in [2.75, 3.05) is 19.6 Å². The summed E-state index contributed by atoms with van der Waals surface area (Å²) >= 11 is 12.0. The van der Waals surface area contributed by atoms with Crippen LogP contribution < -0.4 is 0 Å². The van der Waals surface area contributed by atoms with Crippen LogP contribution in [0.4, 0.5) is 13.2 Å². The second-order valence-corrected chi connectivity index (χ2v) is 8.21. The smallest absolute Gasteiger partial charge is 0.387 e. The number of aliphatic hydroxyl groups excluding tert-OH is 1. The number of fused-ring (bicyclic) bond motifs is 2.